The fourth-order valence-electron chi connectivity index (χ4n) is 3.03. The van der Waals surface area contributed by atoms with Crippen molar-refractivity contribution in [3.63, 3.8) is 0 Å². The number of aliphatic carboxylic acids is 2. The Balaban J connectivity index is 1.77. The van der Waals surface area contributed by atoms with E-state index in [0.717, 1.165) is 10.9 Å². The lowest BCUT2D eigenvalue weighted by atomic mass is 10.1. The number of anilines is 1. The standard InChI is InChI=1S/C14H19N6O11P/c15-14-17-11-8(12(27)18-14)16-4-20(11)13-10(26)9(25)5(31-13)3-30-32(28,29)19(1-6(21)22)2-7(23)24/h4-5,9-10,13,25-26H,1-3H2,(H,21,22)(H,23,24)(H,28,29)(H3,15,17,18,27)/t5-,9-,10-,13-/m1/s1. The Kier molecular flexibility index (Phi) is 6.61. The minimum Gasteiger partial charge on any atom is -0.480 e. The zero-order valence-electron chi connectivity index (χ0n) is 16.0. The number of nitrogens with one attached hydrogen (secondary N) is 1. The molecule has 0 saturated carbocycles. The Hall–Kier alpha value is -2.92. The molecule has 0 radical (unpaired) electrons. The largest absolute Gasteiger partial charge is 0.480 e. The van der Waals surface area contributed by atoms with Gasteiger partial charge in [-0.25, -0.2) is 9.55 Å². The third-order valence-corrected chi connectivity index (χ3v) is 5.95. The van der Waals surface area contributed by atoms with Crippen LogP contribution in [-0.2, 0) is 23.4 Å². The molecule has 0 bridgehead atoms. The molecule has 2 aromatic rings. The monoisotopic (exact) mass is 478 g/mol. The molecular weight excluding hydrogens is 459 g/mol. The van der Waals surface area contributed by atoms with Crippen LogP contribution in [0.25, 0.3) is 11.2 Å². The summed E-state index contributed by atoms with van der Waals surface area (Å²) in [5, 5.41) is 38.2. The molecule has 176 valence electrons. The molecule has 0 spiro atoms. The summed E-state index contributed by atoms with van der Waals surface area (Å²) < 4.78 is 23.9. The first kappa shape index (κ1) is 23.7. The molecule has 1 aliphatic heterocycles. The number of carboxylic acids is 2. The number of carbonyl (C=O) groups is 2. The number of hydrogen-bond acceptors (Lipinski definition) is 11. The fourth-order valence-corrected chi connectivity index (χ4v) is 4.13. The molecule has 3 rings (SSSR count). The number of nitrogens with two attached hydrogens (primary N) is 1. The van der Waals surface area contributed by atoms with Gasteiger partial charge in [-0.3, -0.25) is 28.5 Å². The van der Waals surface area contributed by atoms with Gasteiger partial charge < -0.3 is 35.8 Å². The highest BCUT2D eigenvalue weighted by molar-refractivity contribution is 7.50. The number of aliphatic hydroxyl groups excluding tert-OH is 2. The summed E-state index contributed by atoms with van der Waals surface area (Å²) in [5.74, 6) is -3.40. The molecule has 0 aromatic carbocycles. The molecular formula is C14H19N6O11P. The Labute approximate surface area is 177 Å². The first-order chi connectivity index (χ1) is 14.9. The Morgan fingerprint density at radius 1 is 1.28 bits per heavy atom. The zero-order valence-corrected chi connectivity index (χ0v) is 16.9. The van der Waals surface area contributed by atoms with Crippen LogP contribution in [0.1, 0.15) is 6.23 Å². The summed E-state index contributed by atoms with van der Waals surface area (Å²) in [4.78, 5) is 53.6. The number of ether oxygens (including phenoxy) is 1. The summed E-state index contributed by atoms with van der Waals surface area (Å²) >= 11 is 0. The van der Waals surface area contributed by atoms with Crippen molar-refractivity contribution in [1.29, 1.82) is 0 Å². The molecule has 18 heteroatoms. The number of H-pyrrole nitrogens is 1. The maximum Gasteiger partial charge on any atom is 0.406 e. The number of carboxylic acid groups (broad SMARTS) is 2. The van der Waals surface area contributed by atoms with Crippen LogP contribution >= 0.6 is 7.75 Å². The second-order valence-corrected chi connectivity index (χ2v) is 8.52. The van der Waals surface area contributed by atoms with E-state index in [0.29, 0.717) is 0 Å². The van der Waals surface area contributed by atoms with Gasteiger partial charge >= 0.3 is 19.7 Å². The highest BCUT2D eigenvalue weighted by Crippen LogP contribution is 2.47. The topological polar surface area (TPSA) is 264 Å². The lowest BCUT2D eigenvalue weighted by molar-refractivity contribution is -0.140. The normalized spacial score (nSPS) is 25.2. The lowest BCUT2D eigenvalue weighted by Crippen LogP contribution is -2.36. The van der Waals surface area contributed by atoms with Gasteiger partial charge in [-0.05, 0) is 0 Å². The summed E-state index contributed by atoms with van der Waals surface area (Å²) in [7, 11) is -4.94. The second kappa shape index (κ2) is 8.91. The van der Waals surface area contributed by atoms with Crippen molar-refractivity contribution in [2.24, 2.45) is 0 Å². The minimum absolute atomic E-state index is 0.0639. The third kappa shape index (κ3) is 4.78. The quantitative estimate of drug-likeness (QED) is 0.176. The SMILES string of the molecule is Nc1nc2c(ncn2[C@@H]2O[C@H](COP(=O)(O)N(CC(=O)O)CC(=O)O)[C@@H](O)[C@H]2O)c(=O)[nH]1. The molecule has 17 nitrogen and oxygen atoms in total. The van der Waals surface area contributed by atoms with Crippen molar-refractivity contribution in [2.45, 2.75) is 24.5 Å². The minimum atomic E-state index is -4.94. The molecule has 0 amide bonds. The van der Waals surface area contributed by atoms with E-state index in [4.69, 9.17) is 25.2 Å². The van der Waals surface area contributed by atoms with E-state index < -0.39 is 69.5 Å². The average molecular weight is 478 g/mol. The van der Waals surface area contributed by atoms with Crippen LogP contribution in [0.4, 0.5) is 5.95 Å². The Bertz CT molecular complexity index is 1120. The number of nitrogens with zero attached hydrogens (tertiary/aromatic N) is 4. The van der Waals surface area contributed by atoms with Gasteiger partial charge in [0.1, 0.15) is 31.4 Å². The summed E-state index contributed by atoms with van der Waals surface area (Å²) in [6.07, 6.45) is -4.90. The van der Waals surface area contributed by atoms with Crippen LogP contribution in [0.5, 0.6) is 0 Å². The third-order valence-electron chi connectivity index (χ3n) is 4.46. The van der Waals surface area contributed by atoms with E-state index in [1.54, 1.807) is 0 Å². The van der Waals surface area contributed by atoms with Crippen LogP contribution in [-0.4, -0.2) is 99.5 Å². The number of aliphatic hydroxyl groups is 2. The highest BCUT2D eigenvalue weighted by atomic mass is 31.2. The molecule has 1 unspecified atom stereocenters. The number of imidazole rings is 1. The average Bonchev–Trinajstić information content (AvgIpc) is 3.21. The molecule has 3 heterocycles. The van der Waals surface area contributed by atoms with Gasteiger partial charge in [-0.15, -0.1) is 0 Å². The number of aromatic nitrogens is 4. The van der Waals surface area contributed by atoms with Crippen LogP contribution in [0.15, 0.2) is 11.1 Å². The van der Waals surface area contributed by atoms with Crippen LogP contribution in [0, 0.1) is 0 Å². The Morgan fingerprint density at radius 3 is 2.50 bits per heavy atom. The number of nitrogen functional groups attached to an aromatic ring is 1. The van der Waals surface area contributed by atoms with E-state index in [9.17, 15) is 34.1 Å². The van der Waals surface area contributed by atoms with Crippen LogP contribution in [0.3, 0.4) is 0 Å². The maximum atomic E-state index is 12.3. The first-order valence-electron chi connectivity index (χ1n) is 8.81. The van der Waals surface area contributed by atoms with Crippen LogP contribution in [0.2, 0.25) is 0 Å². The Morgan fingerprint density at radius 2 is 1.91 bits per heavy atom. The van der Waals surface area contributed by atoms with Crippen molar-refractivity contribution in [2.75, 3.05) is 25.4 Å². The second-order valence-electron chi connectivity index (χ2n) is 6.72. The predicted octanol–water partition coefficient (Wildman–Crippen LogP) is -3.09. The summed E-state index contributed by atoms with van der Waals surface area (Å²) in [5.41, 5.74) is 4.66. The summed E-state index contributed by atoms with van der Waals surface area (Å²) in [6, 6.07) is 0. The van der Waals surface area contributed by atoms with Crippen molar-refractivity contribution in [1.82, 2.24) is 24.2 Å². The van der Waals surface area contributed by atoms with Crippen molar-refractivity contribution >= 4 is 36.8 Å². The smallest absolute Gasteiger partial charge is 0.406 e. The van der Waals surface area contributed by atoms with Gasteiger partial charge in [-0.1, -0.05) is 0 Å². The summed E-state index contributed by atoms with van der Waals surface area (Å²) in [6.45, 7) is -3.04. The zero-order chi connectivity index (χ0) is 23.8. The van der Waals surface area contributed by atoms with E-state index in [-0.39, 0.29) is 21.8 Å². The van der Waals surface area contributed by atoms with E-state index >= 15 is 0 Å². The van der Waals surface area contributed by atoms with Crippen LogP contribution < -0.4 is 11.3 Å². The molecule has 5 atom stereocenters. The molecule has 32 heavy (non-hydrogen) atoms. The molecule has 2 aromatic heterocycles. The molecule has 1 aliphatic rings. The molecule has 0 aliphatic carbocycles. The van der Waals surface area contributed by atoms with Gasteiger partial charge in [-0.2, -0.15) is 9.65 Å². The van der Waals surface area contributed by atoms with Gasteiger partial charge in [0.15, 0.2) is 17.4 Å². The molecule has 8 N–H and O–H groups in total. The lowest BCUT2D eigenvalue weighted by Gasteiger charge is -2.25. The van der Waals surface area contributed by atoms with Crippen molar-refractivity contribution in [3.05, 3.63) is 16.7 Å². The van der Waals surface area contributed by atoms with Gasteiger partial charge in [0.05, 0.1) is 12.9 Å². The van der Waals surface area contributed by atoms with E-state index in [2.05, 4.69) is 15.0 Å². The van der Waals surface area contributed by atoms with Gasteiger partial charge in [0.2, 0.25) is 5.95 Å². The van der Waals surface area contributed by atoms with Gasteiger partial charge in [0, 0.05) is 0 Å². The number of hydrogen-bond donors (Lipinski definition) is 7. The van der Waals surface area contributed by atoms with Crippen molar-refractivity contribution < 1.29 is 48.7 Å². The highest BCUT2D eigenvalue weighted by Gasteiger charge is 2.46. The maximum absolute atomic E-state index is 12.3. The number of rotatable bonds is 9. The van der Waals surface area contributed by atoms with E-state index in [1.165, 1.54) is 0 Å². The van der Waals surface area contributed by atoms with E-state index in [1.807, 2.05) is 0 Å². The predicted molar refractivity (Wildman–Crippen MR) is 101 cm³/mol. The first-order valence-corrected chi connectivity index (χ1v) is 10.3. The number of fused-ring (bicyclic) bond motifs is 1. The number of aromatic amines is 1. The molecule has 1 saturated heterocycles. The molecule has 1 fully saturated rings. The van der Waals surface area contributed by atoms with Crippen molar-refractivity contribution in [3.8, 4) is 0 Å². The van der Waals surface area contributed by atoms with Gasteiger partial charge in [0.25, 0.3) is 5.56 Å². The fraction of sp³-hybridized carbons (Fsp3) is 0.500.